The second-order valence-electron chi connectivity index (χ2n) is 4.58. The Kier molecular flexibility index (Phi) is 3.33. The van der Waals surface area contributed by atoms with Crippen LogP contribution in [-0.4, -0.2) is 24.8 Å². The van der Waals surface area contributed by atoms with E-state index in [1.807, 2.05) is 0 Å². The Balaban J connectivity index is 2.37. The number of nitrogens with zero attached hydrogens (tertiary/aromatic N) is 2. The molecule has 0 atom stereocenters. The van der Waals surface area contributed by atoms with Gasteiger partial charge in [0.25, 0.3) is 0 Å². The zero-order valence-electron chi connectivity index (χ0n) is 9.99. The lowest BCUT2D eigenvalue weighted by atomic mass is 9.98. The van der Waals surface area contributed by atoms with E-state index in [9.17, 15) is 21.6 Å². The first-order valence-electron chi connectivity index (χ1n) is 5.53. The molecule has 1 heterocycles. The third-order valence-corrected chi connectivity index (χ3v) is 3.70. The van der Waals surface area contributed by atoms with Crippen molar-refractivity contribution in [3.8, 4) is 0 Å². The molecule has 19 heavy (non-hydrogen) atoms. The first-order chi connectivity index (χ1) is 8.62. The molecule has 1 aromatic rings. The highest BCUT2D eigenvalue weighted by molar-refractivity contribution is 7.88. The Bertz CT molecular complexity index is 561. The molecule has 2 rings (SSSR count). The van der Waals surface area contributed by atoms with Crippen molar-refractivity contribution in [1.29, 1.82) is 0 Å². The number of hydrogen-bond acceptors (Lipinski definition) is 5. The van der Waals surface area contributed by atoms with Crippen LogP contribution in [0.25, 0.3) is 0 Å². The Morgan fingerprint density at radius 2 is 1.89 bits per heavy atom. The second-order valence-corrected chi connectivity index (χ2v) is 6.33. The topological polar surface area (TPSA) is 85.1 Å². The van der Waals surface area contributed by atoms with E-state index in [0.29, 0.717) is 25.7 Å². The molecule has 1 N–H and O–H groups in total. The number of halogens is 3. The number of sulfonamides is 1. The zero-order chi connectivity index (χ0) is 14.3. The van der Waals surface area contributed by atoms with E-state index in [0.717, 1.165) is 6.26 Å². The zero-order valence-corrected chi connectivity index (χ0v) is 10.8. The predicted molar refractivity (Wildman–Crippen MR) is 57.4 cm³/mol. The van der Waals surface area contributed by atoms with Gasteiger partial charge in [-0.2, -0.15) is 18.2 Å². The molecule has 0 radical (unpaired) electrons. The van der Waals surface area contributed by atoms with Crippen LogP contribution in [0.3, 0.4) is 0 Å². The van der Waals surface area contributed by atoms with Gasteiger partial charge in [-0.05, 0) is 12.8 Å². The van der Waals surface area contributed by atoms with Crippen LogP contribution in [0.15, 0.2) is 4.52 Å². The molecule has 0 amide bonds. The van der Waals surface area contributed by atoms with Crippen molar-refractivity contribution < 1.29 is 26.1 Å². The first kappa shape index (κ1) is 14.3. The molecule has 1 aliphatic rings. The molecule has 0 spiro atoms. The molecule has 6 nitrogen and oxygen atoms in total. The minimum Gasteiger partial charge on any atom is -0.329 e. The summed E-state index contributed by atoms with van der Waals surface area (Å²) in [6, 6.07) is 0. The van der Waals surface area contributed by atoms with Crippen molar-refractivity contribution in [3.05, 3.63) is 11.7 Å². The predicted octanol–water partition coefficient (Wildman–Crippen LogP) is 1.41. The average molecular weight is 299 g/mol. The van der Waals surface area contributed by atoms with Crippen molar-refractivity contribution >= 4 is 10.0 Å². The minimum absolute atomic E-state index is 0.261. The molecule has 1 fully saturated rings. The van der Waals surface area contributed by atoms with Crippen LogP contribution in [0.5, 0.6) is 0 Å². The summed E-state index contributed by atoms with van der Waals surface area (Å²) in [6.45, 7) is 0. The number of nitrogens with one attached hydrogen (secondary N) is 1. The van der Waals surface area contributed by atoms with Gasteiger partial charge in [0.1, 0.15) is 0 Å². The van der Waals surface area contributed by atoms with E-state index in [4.69, 9.17) is 0 Å². The van der Waals surface area contributed by atoms with E-state index in [1.165, 1.54) is 0 Å². The van der Waals surface area contributed by atoms with Gasteiger partial charge in [-0.1, -0.05) is 18.0 Å². The molecular weight excluding hydrogens is 287 g/mol. The molecular formula is C9H12F3N3O3S. The van der Waals surface area contributed by atoms with Crippen LogP contribution >= 0.6 is 0 Å². The molecule has 0 aliphatic heterocycles. The summed E-state index contributed by atoms with van der Waals surface area (Å²) in [5.74, 6) is -1.73. The summed E-state index contributed by atoms with van der Waals surface area (Å²) in [5.41, 5.74) is -1.19. The summed E-state index contributed by atoms with van der Waals surface area (Å²) in [5, 5.41) is 3.29. The summed E-state index contributed by atoms with van der Waals surface area (Å²) in [4.78, 5) is 3.29. The quantitative estimate of drug-likeness (QED) is 0.912. The van der Waals surface area contributed by atoms with Crippen LogP contribution in [0.2, 0.25) is 0 Å². The third-order valence-electron chi connectivity index (χ3n) is 2.93. The molecule has 108 valence electrons. The molecule has 0 saturated heterocycles. The van der Waals surface area contributed by atoms with Crippen molar-refractivity contribution in [2.75, 3.05) is 6.26 Å². The van der Waals surface area contributed by atoms with Crippen LogP contribution in [0.4, 0.5) is 13.2 Å². The lowest BCUT2D eigenvalue weighted by Crippen LogP contribution is -2.44. The van der Waals surface area contributed by atoms with Gasteiger partial charge in [0.15, 0.2) is 5.82 Å². The van der Waals surface area contributed by atoms with Gasteiger partial charge in [-0.15, -0.1) is 0 Å². The van der Waals surface area contributed by atoms with Gasteiger partial charge in [0.05, 0.1) is 11.8 Å². The number of alkyl halides is 3. The largest absolute Gasteiger partial charge is 0.471 e. The number of aromatic nitrogens is 2. The SMILES string of the molecule is CS(=O)(=O)NC1(c2noc(C(F)(F)F)n2)CCCC1. The van der Waals surface area contributed by atoms with Gasteiger partial charge < -0.3 is 4.52 Å². The summed E-state index contributed by atoms with van der Waals surface area (Å²) in [7, 11) is -3.59. The van der Waals surface area contributed by atoms with Crippen LogP contribution in [0.1, 0.15) is 37.4 Å². The minimum atomic E-state index is -4.74. The van der Waals surface area contributed by atoms with Crippen LogP contribution < -0.4 is 4.72 Å². The summed E-state index contributed by atoms with van der Waals surface area (Å²) < 4.78 is 66.4. The van der Waals surface area contributed by atoms with E-state index < -0.39 is 27.6 Å². The second kappa shape index (κ2) is 4.44. The lowest BCUT2D eigenvalue weighted by Gasteiger charge is -2.25. The molecule has 1 aliphatic carbocycles. The van der Waals surface area contributed by atoms with E-state index >= 15 is 0 Å². The van der Waals surface area contributed by atoms with E-state index in [1.54, 1.807) is 0 Å². The molecule has 0 unspecified atom stereocenters. The Morgan fingerprint density at radius 3 is 2.32 bits per heavy atom. The number of rotatable bonds is 3. The van der Waals surface area contributed by atoms with Crippen molar-refractivity contribution in [2.24, 2.45) is 0 Å². The Hall–Kier alpha value is -1.16. The van der Waals surface area contributed by atoms with Gasteiger partial charge in [0, 0.05) is 0 Å². The van der Waals surface area contributed by atoms with Crippen molar-refractivity contribution in [1.82, 2.24) is 14.9 Å². The van der Waals surface area contributed by atoms with Crippen molar-refractivity contribution in [3.63, 3.8) is 0 Å². The fourth-order valence-corrected chi connectivity index (χ4v) is 3.24. The first-order valence-corrected chi connectivity index (χ1v) is 7.42. The maximum Gasteiger partial charge on any atom is 0.471 e. The van der Waals surface area contributed by atoms with Crippen LogP contribution in [0, 0.1) is 0 Å². The Morgan fingerprint density at radius 1 is 1.32 bits per heavy atom. The molecule has 0 aromatic carbocycles. The molecule has 0 bridgehead atoms. The molecule has 1 aromatic heterocycles. The smallest absolute Gasteiger partial charge is 0.329 e. The monoisotopic (exact) mass is 299 g/mol. The standard InChI is InChI=1S/C9H12F3N3O3S/c1-19(16,17)15-8(4-2-3-5-8)6-13-7(18-14-6)9(10,11)12/h15H,2-5H2,1H3. The fourth-order valence-electron chi connectivity index (χ4n) is 2.24. The maximum absolute atomic E-state index is 12.4. The number of hydrogen-bond donors (Lipinski definition) is 1. The average Bonchev–Trinajstić information content (AvgIpc) is 2.80. The molecule has 1 saturated carbocycles. The highest BCUT2D eigenvalue weighted by Crippen LogP contribution is 2.39. The third kappa shape index (κ3) is 3.06. The Labute approximate surface area is 107 Å². The lowest BCUT2D eigenvalue weighted by molar-refractivity contribution is -0.159. The van der Waals surface area contributed by atoms with Gasteiger partial charge in [0.2, 0.25) is 10.0 Å². The van der Waals surface area contributed by atoms with E-state index in [2.05, 4.69) is 19.4 Å². The highest BCUT2D eigenvalue weighted by Gasteiger charge is 2.45. The van der Waals surface area contributed by atoms with E-state index in [-0.39, 0.29) is 5.82 Å². The highest BCUT2D eigenvalue weighted by atomic mass is 32.2. The maximum atomic E-state index is 12.4. The normalized spacial score (nSPS) is 19.8. The van der Waals surface area contributed by atoms with Crippen molar-refractivity contribution in [2.45, 2.75) is 37.4 Å². The summed E-state index contributed by atoms with van der Waals surface area (Å²) >= 11 is 0. The van der Waals surface area contributed by atoms with Crippen LogP contribution in [-0.2, 0) is 21.7 Å². The van der Waals surface area contributed by atoms with Gasteiger partial charge in [-0.3, -0.25) is 0 Å². The molecule has 10 heteroatoms. The van der Waals surface area contributed by atoms with Gasteiger partial charge >= 0.3 is 12.1 Å². The van der Waals surface area contributed by atoms with Gasteiger partial charge in [-0.25, -0.2) is 13.1 Å². The fraction of sp³-hybridized carbons (Fsp3) is 0.778. The summed E-state index contributed by atoms with van der Waals surface area (Å²) in [6.07, 6.45) is -1.75.